The van der Waals surface area contributed by atoms with Crippen LogP contribution in [0.15, 0.2) is 38.2 Å². The fourth-order valence-corrected chi connectivity index (χ4v) is 2.29. The van der Waals surface area contributed by atoms with Gasteiger partial charge in [0.1, 0.15) is 4.47 Å². The lowest BCUT2D eigenvalue weighted by Crippen LogP contribution is -1.96. The Morgan fingerprint density at radius 2 is 2.06 bits per heavy atom. The van der Waals surface area contributed by atoms with Crippen LogP contribution >= 0.6 is 27.7 Å². The van der Waals surface area contributed by atoms with Crippen molar-refractivity contribution in [1.82, 2.24) is 5.16 Å². The summed E-state index contributed by atoms with van der Waals surface area (Å²) in [5.41, 5.74) is 0.670. The average Bonchev–Trinajstić information content (AvgIpc) is 2.71. The van der Waals surface area contributed by atoms with Crippen LogP contribution in [0.2, 0.25) is 0 Å². The number of carboxylic acids is 1. The summed E-state index contributed by atoms with van der Waals surface area (Å²) in [6.45, 7) is 0. The maximum Gasteiger partial charge on any atom is 0.359 e. The van der Waals surface area contributed by atoms with Crippen LogP contribution in [0.5, 0.6) is 0 Å². The lowest BCUT2D eigenvalue weighted by Gasteiger charge is -1.98. The second-order valence-electron chi connectivity index (χ2n) is 3.21. The van der Waals surface area contributed by atoms with Crippen molar-refractivity contribution in [3.8, 4) is 11.3 Å². The number of benzene rings is 1. The van der Waals surface area contributed by atoms with E-state index in [1.807, 2.05) is 30.5 Å². The van der Waals surface area contributed by atoms with E-state index in [2.05, 4.69) is 21.1 Å². The molecule has 0 amide bonds. The molecule has 17 heavy (non-hydrogen) atoms. The summed E-state index contributed by atoms with van der Waals surface area (Å²) in [7, 11) is 0. The molecular weight excluding hydrogens is 306 g/mol. The van der Waals surface area contributed by atoms with Crippen molar-refractivity contribution >= 4 is 33.7 Å². The van der Waals surface area contributed by atoms with Gasteiger partial charge < -0.3 is 9.63 Å². The molecule has 1 aromatic carbocycles. The molecule has 1 N–H and O–H groups in total. The van der Waals surface area contributed by atoms with Crippen LogP contribution in [0.25, 0.3) is 11.3 Å². The number of carboxylic acid groups (broad SMARTS) is 1. The molecule has 0 saturated heterocycles. The Kier molecular flexibility index (Phi) is 3.54. The van der Waals surface area contributed by atoms with E-state index in [0.717, 1.165) is 10.5 Å². The first-order valence-corrected chi connectivity index (χ1v) is 6.68. The molecule has 0 aliphatic heterocycles. The number of thioether (sulfide) groups is 1. The Hall–Kier alpha value is -1.27. The van der Waals surface area contributed by atoms with E-state index in [1.165, 1.54) is 0 Å². The zero-order chi connectivity index (χ0) is 12.4. The highest BCUT2D eigenvalue weighted by molar-refractivity contribution is 9.10. The number of nitrogens with zero attached hydrogens (tertiary/aromatic N) is 1. The van der Waals surface area contributed by atoms with E-state index in [9.17, 15) is 4.79 Å². The highest BCUT2D eigenvalue weighted by atomic mass is 79.9. The maximum absolute atomic E-state index is 10.8. The van der Waals surface area contributed by atoms with E-state index >= 15 is 0 Å². The Bertz CT molecular complexity index is 550. The number of aromatic nitrogens is 1. The minimum atomic E-state index is -1.12. The monoisotopic (exact) mass is 313 g/mol. The number of rotatable bonds is 3. The molecule has 2 aromatic rings. The van der Waals surface area contributed by atoms with Gasteiger partial charge in [-0.25, -0.2) is 4.79 Å². The molecule has 0 unspecified atom stereocenters. The highest BCUT2D eigenvalue weighted by Gasteiger charge is 2.20. The van der Waals surface area contributed by atoms with Gasteiger partial charge in [-0.1, -0.05) is 5.16 Å². The molecule has 0 fully saturated rings. The van der Waals surface area contributed by atoms with Gasteiger partial charge in [0, 0.05) is 10.5 Å². The van der Waals surface area contributed by atoms with Crippen molar-refractivity contribution < 1.29 is 14.4 Å². The predicted molar refractivity (Wildman–Crippen MR) is 68.4 cm³/mol. The van der Waals surface area contributed by atoms with Crippen LogP contribution in [0, 0.1) is 0 Å². The van der Waals surface area contributed by atoms with Crippen molar-refractivity contribution in [2.24, 2.45) is 0 Å². The van der Waals surface area contributed by atoms with Crippen LogP contribution in [-0.2, 0) is 0 Å². The van der Waals surface area contributed by atoms with Crippen molar-refractivity contribution in [2.75, 3.05) is 6.26 Å². The van der Waals surface area contributed by atoms with Crippen molar-refractivity contribution in [2.45, 2.75) is 4.90 Å². The SMILES string of the molecule is CSc1ccc(-c2onc(C(=O)O)c2Br)cc1. The summed E-state index contributed by atoms with van der Waals surface area (Å²) in [6, 6.07) is 7.61. The molecule has 0 radical (unpaired) electrons. The van der Waals surface area contributed by atoms with Crippen LogP contribution in [0.1, 0.15) is 10.5 Å². The molecule has 88 valence electrons. The van der Waals surface area contributed by atoms with Gasteiger partial charge in [-0.15, -0.1) is 11.8 Å². The van der Waals surface area contributed by atoms with Gasteiger partial charge in [0.15, 0.2) is 5.76 Å². The number of carbonyl (C=O) groups is 1. The fourth-order valence-electron chi connectivity index (χ4n) is 1.33. The van der Waals surface area contributed by atoms with Crippen LogP contribution in [-0.4, -0.2) is 22.5 Å². The molecular formula is C11H8BrNO3S. The number of halogens is 1. The van der Waals surface area contributed by atoms with Gasteiger partial charge in [0.25, 0.3) is 0 Å². The number of hydrogen-bond acceptors (Lipinski definition) is 4. The van der Waals surface area contributed by atoms with Gasteiger partial charge in [-0.3, -0.25) is 0 Å². The molecule has 0 atom stereocenters. The summed E-state index contributed by atoms with van der Waals surface area (Å²) in [5.74, 6) is -0.692. The molecule has 4 nitrogen and oxygen atoms in total. The summed E-state index contributed by atoms with van der Waals surface area (Å²) < 4.78 is 5.39. The summed E-state index contributed by atoms with van der Waals surface area (Å²) in [5, 5.41) is 12.4. The highest BCUT2D eigenvalue weighted by Crippen LogP contribution is 2.32. The molecule has 1 aromatic heterocycles. The third-order valence-electron chi connectivity index (χ3n) is 2.19. The van der Waals surface area contributed by atoms with E-state index in [4.69, 9.17) is 9.63 Å². The molecule has 1 heterocycles. The topological polar surface area (TPSA) is 63.3 Å². The summed E-state index contributed by atoms with van der Waals surface area (Å²) in [6.07, 6.45) is 1.99. The molecule has 0 spiro atoms. The van der Waals surface area contributed by atoms with Gasteiger partial charge in [0.2, 0.25) is 5.69 Å². The summed E-state index contributed by atoms with van der Waals surface area (Å²) >= 11 is 4.82. The molecule has 0 bridgehead atoms. The Morgan fingerprint density at radius 3 is 2.53 bits per heavy atom. The molecule has 2 rings (SSSR count). The Morgan fingerprint density at radius 1 is 1.41 bits per heavy atom. The third-order valence-corrected chi connectivity index (χ3v) is 3.67. The second kappa shape index (κ2) is 4.93. The van der Waals surface area contributed by atoms with Gasteiger partial charge >= 0.3 is 5.97 Å². The standard InChI is InChI=1S/C11H8BrNO3S/c1-17-7-4-2-6(3-5-7)10-8(12)9(11(14)15)13-16-10/h2-5H,1H3,(H,14,15). The maximum atomic E-state index is 10.8. The average molecular weight is 314 g/mol. The largest absolute Gasteiger partial charge is 0.476 e. The van der Waals surface area contributed by atoms with Gasteiger partial charge in [-0.05, 0) is 46.5 Å². The van der Waals surface area contributed by atoms with Crippen LogP contribution < -0.4 is 0 Å². The summed E-state index contributed by atoms with van der Waals surface area (Å²) in [4.78, 5) is 11.9. The van der Waals surface area contributed by atoms with Gasteiger partial charge in [-0.2, -0.15) is 0 Å². The number of hydrogen-bond donors (Lipinski definition) is 1. The van der Waals surface area contributed by atoms with Crippen LogP contribution in [0.4, 0.5) is 0 Å². The fraction of sp³-hybridized carbons (Fsp3) is 0.0909. The smallest absolute Gasteiger partial charge is 0.359 e. The predicted octanol–water partition coefficient (Wildman–Crippen LogP) is 3.52. The van der Waals surface area contributed by atoms with Crippen molar-refractivity contribution in [3.05, 3.63) is 34.4 Å². The Balaban J connectivity index is 2.42. The molecule has 0 aliphatic carbocycles. The minimum Gasteiger partial charge on any atom is -0.476 e. The number of aromatic carboxylic acids is 1. The first-order valence-electron chi connectivity index (χ1n) is 4.66. The first kappa shape index (κ1) is 12.2. The van der Waals surface area contributed by atoms with E-state index in [0.29, 0.717) is 10.2 Å². The lowest BCUT2D eigenvalue weighted by molar-refractivity contribution is 0.0685. The van der Waals surface area contributed by atoms with Crippen LogP contribution in [0.3, 0.4) is 0 Å². The van der Waals surface area contributed by atoms with E-state index in [-0.39, 0.29) is 5.69 Å². The third kappa shape index (κ3) is 2.37. The van der Waals surface area contributed by atoms with Gasteiger partial charge in [0.05, 0.1) is 0 Å². The lowest BCUT2D eigenvalue weighted by atomic mass is 10.1. The normalized spacial score (nSPS) is 10.5. The Labute approximate surface area is 110 Å². The molecule has 0 saturated carbocycles. The van der Waals surface area contributed by atoms with E-state index < -0.39 is 5.97 Å². The molecule has 6 heteroatoms. The first-order chi connectivity index (χ1) is 8.13. The van der Waals surface area contributed by atoms with E-state index in [1.54, 1.807) is 11.8 Å². The van der Waals surface area contributed by atoms with Crippen molar-refractivity contribution in [3.63, 3.8) is 0 Å². The minimum absolute atomic E-state index is 0.117. The van der Waals surface area contributed by atoms with Crippen molar-refractivity contribution in [1.29, 1.82) is 0 Å². The molecule has 0 aliphatic rings. The quantitative estimate of drug-likeness (QED) is 0.878. The second-order valence-corrected chi connectivity index (χ2v) is 4.88. The zero-order valence-electron chi connectivity index (χ0n) is 8.81. The zero-order valence-corrected chi connectivity index (χ0v) is 11.2.